The fraction of sp³-hybridized carbons (Fsp3) is 0.286. The average Bonchev–Trinajstić information content (AvgIpc) is 3.20. The third kappa shape index (κ3) is 4.04. The summed E-state index contributed by atoms with van der Waals surface area (Å²) < 4.78 is 18.6. The number of likely N-dealkylation sites (tertiary alicyclic amines) is 1. The third-order valence-corrected chi connectivity index (χ3v) is 4.89. The molecule has 136 valence electrons. The van der Waals surface area contributed by atoms with Crippen molar-refractivity contribution in [2.45, 2.75) is 25.3 Å². The van der Waals surface area contributed by atoms with Gasteiger partial charge in [0.2, 0.25) is 11.7 Å². The number of nitriles is 1. The molecule has 27 heavy (non-hydrogen) atoms. The lowest BCUT2D eigenvalue weighted by molar-refractivity contribution is 0.180. The van der Waals surface area contributed by atoms with Gasteiger partial charge in [0, 0.05) is 18.7 Å². The summed E-state index contributed by atoms with van der Waals surface area (Å²) in [6, 6.07) is 15.9. The second-order valence-electron chi connectivity index (χ2n) is 6.85. The molecule has 0 bridgehead atoms. The molecule has 4 rings (SSSR count). The van der Waals surface area contributed by atoms with Gasteiger partial charge in [-0.25, -0.2) is 4.39 Å². The number of piperidine rings is 1. The van der Waals surface area contributed by atoms with Crippen LogP contribution >= 0.6 is 0 Å². The van der Waals surface area contributed by atoms with E-state index in [4.69, 9.17) is 9.78 Å². The standard InChI is InChI=1S/C21H19FN4O/c22-19-9-7-17(8-10-19)20-24-21(27-25-20)18-2-1-11-26(14-18)13-16-5-3-15(12-23)4-6-16/h3-10,18H,1-2,11,13-14H2. The van der Waals surface area contributed by atoms with Crippen molar-refractivity contribution in [3.63, 3.8) is 0 Å². The largest absolute Gasteiger partial charge is 0.339 e. The number of hydrogen-bond donors (Lipinski definition) is 0. The minimum atomic E-state index is -0.284. The zero-order valence-electron chi connectivity index (χ0n) is 14.8. The van der Waals surface area contributed by atoms with Gasteiger partial charge in [-0.3, -0.25) is 4.90 Å². The van der Waals surface area contributed by atoms with E-state index in [1.165, 1.54) is 17.7 Å². The van der Waals surface area contributed by atoms with E-state index in [1.807, 2.05) is 24.3 Å². The summed E-state index contributed by atoms with van der Waals surface area (Å²) in [6.07, 6.45) is 2.07. The number of benzene rings is 2. The van der Waals surface area contributed by atoms with Crippen LogP contribution in [0.5, 0.6) is 0 Å². The third-order valence-electron chi connectivity index (χ3n) is 4.89. The van der Waals surface area contributed by atoms with Crippen molar-refractivity contribution in [3.05, 3.63) is 71.4 Å². The van der Waals surface area contributed by atoms with E-state index in [2.05, 4.69) is 21.1 Å². The van der Waals surface area contributed by atoms with Crippen molar-refractivity contribution >= 4 is 0 Å². The van der Waals surface area contributed by atoms with E-state index in [1.54, 1.807) is 12.1 Å². The molecule has 1 aliphatic heterocycles. The molecule has 3 aromatic rings. The first-order valence-corrected chi connectivity index (χ1v) is 9.02. The first-order chi connectivity index (χ1) is 13.2. The Morgan fingerprint density at radius 2 is 1.93 bits per heavy atom. The van der Waals surface area contributed by atoms with Crippen molar-refractivity contribution in [3.8, 4) is 17.5 Å². The minimum Gasteiger partial charge on any atom is -0.339 e. The van der Waals surface area contributed by atoms with Gasteiger partial charge in [-0.15, -0.1) is 0 Å². The van der Waals surface area contributed by atoms with Gasteiger partial charge < -0.3 is 4.52 Å². The number of rotatable bonds is 4. The Hall–Kier alpha value is -3.04. The van der Waals surface area contributed by atoms with Crippen LogP contribution in [0, 0.1) is 17.1 Å². The van der Waals surface area contributed by atoms with E-state index in [9.17, 15) is 4.39 Å². The summed E-state index contributed by atoms with van der Waals surface area (Å²) >= 11 is 0. The van der Waals surface area contributed by atoms with E-state index < -0.39 is 0 Å². The molecule has 0 N–H and O–H groups in total. The number of hydrogen-bond acceptors (Lipinski definition) is 5. The van der Waals surface area contributed by atoms with Crippen LogP contribution in [0.2, 0.25) is 0 Å². The zero-order chi connectivity index (χ0) is 18.6. The molecule has 2 heterocycles. The molecule has 6 heteroatoms. The van der Waals surface area contributed by atoms with E-state index >= 15 is 0 Å². The fourth-order valence-electron chi connectivity index (χ4n) is 3.46. The van der Waals surface area contributed by atoms with Gasteiger partial charge in [0.1, 0.15) is 5.82 Å². The SMILES string of the molecule is N#Cc1ccc(CN2CCCC(c3nc(-c4ccc(F)cc4)no3)C2)cc1. The monoisotopic (exact) mass is 362 g/mol. The van der Waals surface area contributed by atoms with Crippen molar-refractivity contribution < 1.29 is 8.91 Å². The van der Waals surface area contributed by atoms with Crippen LogP contribution < -0.4 is 0 Å². The second kappa shape index (κ2) is 7.68. The molecule has 1 aromatic heterocycles. The molecule has 0 spiro atoms. The number of aromatic nitrogens is 2. The van der Waals surface area contributed by atoms with Crippen molar-refractivity contribution in [2.24, 2.45) is 0 Å². The Balaban J connectivity index is 1.43. The van der Waals surface area contributed by atoms with Crippen LogP contribution in [0.25, 0.3) is 11.4 Å². The molecule has 1 saturated heterocycles. The lowest BCUT2D eigenvalue weighted by Gasteiger charge is -2.30. The van der Waals surface area contributed by atoms with Gasteiger partial charge in [0.05, 0.1) is 17.6 Å². The first-order valence-electron chi connectivity index (χ1n) is 9.02. The molecule has 0 aliphatic carbocycles. The predicted molar refractivity (Wildman–Crippen MR) is 98.1 cm³/mol. The van der Waals surface area contributed by atoms with Crippen molar-refractivity contribution in [1.82, 2.24) is 15.0 Å². The van der Waals surface area contributed by atoms with E-state index in [0.29, 0.717) is 17.3 Å². The first kappa shape index (κ1) is 17.4. The summed E-state index contributed by atoms with van der Waals surface area (Å²) in [7, 11) is 0. The van der Waals surface area contributed by atoms with E-state index in [0.717, 1.165) is 38.0 Å². The summed E-state index contributed by atoms with van der Waals surface area (Å²) in [4.78, 5) is 6.91. The van der Waals surface area contributed by atoms with Crippen LogP contribution in [0.3, 0.4) is 0 Å². The van der Waals surface area contributed by atoms with Crippen molar-refractivity contribution in [1.29, 1.82) is 5.26 Å². The molecule has 1 fully saturated rings. The van der Waals surface area contributed by atoms with Gasteiger partial charge in [0.15, 0.2) is 0 Å². The molecule has 2 aromatic carbocycles. The van der Waals surface area contributed by atoms with Crippen LogP contribution in [-0.4, -0.2) is 28.1 Å². The van der Waals surface area contributed by atoms with Gasteiger partial charge in [-0.1, -0.05) is 17.3 Å². The Bertz CT molecular complexity index is 944. The quantitative estimate of drug-likeness (QED) is 0.698. The van der Waals surface area contributed by atoms with Gasteiger partial charge in [-0.05, 0) is 61.3 Å². The number of halogens is 1. The second-order valence-corrected chi connectivity index (χ2v) is 6.85. The van der Waals surface area contributed by atoms with Crippen LogP contribution in [0.15, 0.2) is 53.1 Å². The Morgan fingerprint density at radius 3 is 2.67 bits per heavy atom. The molecule has 0 saturated carbocycles. The van der Waals surface area contributed by atoms with E-state index in [-0.39, 0.29) is 11.7 Å². The summed E-state index contributed by atoms with van der Waals surface area (Å²) in [6.45, 7) is 2.71. The lowest BCUT2D eigenvalue weighted by atomic mass is 9.97. The highest BCUT2D eigenvalue weighted by Crippen LogP contribution is 2.28. The number of nitrogens with zero attached hydrogens (tertiary/aromatic N) is 4. The molecular formula is C21H19FN4O. The molecule has 1 aliphatic rings. The molecule has 1 atom stereocenters. The maximum Gasteiger partial charge on any atom is 0.231 e. The molecule has 1 unspecified atom stereocenters. The molecular weight excluding hydrogens is 343 g/mol. The highest BCUT2D eigenvalue weighted by atomic mass is 19.1. The molecule has 5 nitrogen and oxygen atoms in total. The maximum absolute atomic E-state index is 13.1. The maximum atomic E-state index is 13.1. The normalized spacial score (nSPS) is 17.6. The molecule has 0 amide bonds. The summed E-state index contributed by atoms with van der Waals surface area (Å²) in [5.41, 5.74) is 2.61. The van der Waals surface area contributed by atoms with Crippen LogP contribution in [-0.2, 0) is 6.54 Å². The highest BCUT2D eigenvalue weighted by Gasteiger charge is 2.26. The smallest absolute Gasteiger partial charge is 0.231 e. The van der Waals surface area contributed by atoms with Gasteiger partial charge in [-0.2, -0.15) is 10.2 Å². The minimum absolute atomic E-state index is 0.193. The Kier molecular flexibility index (Phi) is 4.95. The lowest BCUT2D eigenvalue weighted by Crippen LogP contribution is -2.34. The topological polar surface area (TPSA) is 66.0 Å². The van der Waals surface area contributed by atoms with Crippen LogP contribution in [0.4, 0.5) is 4.39 Å². The van der Waals surface area contributed by atoms with Gasteiger partial charge in [0.25, 0.3) is 0 Å². The van der Waals surface area contributed by atoms with Gasteiger partial charge >= 0.3 is 0 Å². The summed E-state index contributed by atoms with van der Waals surface area (Å²) in [5, 5.41) is 13.0. The Morgan fingerprint density at radius 1 is 1.15 bits per heavy atom. The molecule has 0 radical (unpaired) electrons. The average molecular weight is 362 g/mol. The van der Waals surface area contributed by atoms with Crippen LogP contribution in [0.1, 0.15) is 35.8 Å². The summed E-state index contributed by atoms with van der Waals surface area (Å²) in [5.74, 6) is 1.04. The predicted octanol–water partition coefficient (Wildman–Crippen LogP) is 4.13. The highest BCUT2D eigenvalue weighted by molar-refractivity contribution is 5.53. The fourth-order valence-corrected chi connectivity index (χ4v) is 3.46. The zero-order valence-corrected chi connectivity index (χ0v) is 14.8. The Labute approximate surface area is 157 Å². The van der Waals surface area contributed by atoms with Crippen molar-refractivity contribution in [2.75, 3.05) is 13.1 Å².